The maximum atomic E-state index is 12.6. The second-order valence-corrected chi connectivity index (χ2v) is 6.78. The van der Waals surface area contributed by atoms with E-state index in [4.69, 9.17) is 4.74 Å². The summed E-state index contributed by atoms with van der Waals surface area (Å²) < 4.78 is 5.45. The van der Waals surface area contributed by atoms with Gasteiger partial charge in [0.2, 0.25) is 5.91 Å². The van der Waals surface area contributed by atoms with E-state index in [0.717, 1.165) is 39.1 Å². The molecule has 1 N–H and O–H groups in total. The molecule has 0 aromatic heterocycles. The third-order valence-electron chi connectivity index (χ3n) is 4.94. The zero-order valence-electron chi connectivity index (χ0n) is 13.8. The van der Waals surface area contributed by atoms with Crippen LogP contribution in [0.5, 0.6) is 0 Å². The Balaban J connectivity index is 0.00000192. The van der Waals surface area contributed by atoms with Crippen molar-refractivity contribution in [1.82, 2.24) is 10.2 Å². The largest absolute Gasteiger partial charge is 0.378 e. The number of benzene rings is 1. The van der Waals surface area contributed by atoms with Crippen LogP contribution in [0.2, 0.25) is 0 Å². The lowest BCUT2D eigenvalue weighted by Gasteiger charge is -2.41. The minimum atomic E-state index is 0. The summed E-state index contributed by atoms with van der Waals surface area (Å²) in [5, 5.41) is 3.37. The number of nitrogens with zero attached hydrogens (tertiary/aromatic N) is 1. The molecule has 23 heavy (non-hydrogen) atoms. The molecule has 2 saturated heterocycles. The lowest BCUT2D eigenvalue weighted by molar-refractivity contribution is -0.134. The van der Waals surface area contributed by atoms with Crippen LogP contribution in [0.1, 0.15) is 31.7 Å². The number of ether oxygens (including phenoxy) is 1. The van der Waals surface area contributed by atoms with E-state index in [0.29, 0.717) is 13.0 Å². The van der Waals surface area contributed by atoms with Crippen LogP contribution in [0, 0.1) is 0 Å². The van der Waals surface area contributed by atoms with Crippen molar-refractivity contribution >= 4 is 18.3 Å². The van der Waals surface area contributed by atoms with Crippen LogP contribution < -0.4 is 5.32 Å². The first-order valence-electron chi connectivity index (χ1n) is 8.32. The van der Waals surface area contributed by atoms with Crippen molar-refractivity contribution in [1.29, 1.82) is 0 Å². The van der Waals surface area contributed by atoms with Gasteiger partial charge in [-0.2, -0.15) is 0 Å². The van der Waals surface area contributed by atoms with E-state index in [1.807, 2.05) is 11.0 Å². The van der Waals surface area contributed by atoms with Crippen molar-refractivity contribution in [3.63, 3.8) is 0 Å². The molecule has 128 valence electrons. The standard InChI is InChI=1S/C18H26N2O2.ClH/c1-18(15-6-3-2-4-7-15)8-5-10-20(14-18)17(21)12-16-13-22-11-9-19-16;/h2-4,6-7,16,19H,5,8-14H2,1H3;1H. The van der Waals surface area contributed by atoms with Crippen LogP contribution in [0.25, 0.3) is 0 Å². The number of carbonyl (C=O) groups excluding carboxylic acids is 1. The summed E-state index contributed by atoms with van der Waals surface area (Å²) in [7, 11) is 0. The van der Waals surface area contributed by atoms with Gasteiger partial charge in [0.25, 0.3) is 0 Å². The van der Waals surface area contributed by atoms with Crippen molar-refractivity contribution in [3.05, 3.63) is 35.9 Å². The van der Waals surface area contributed by atoms with E-state index >= 15 is 0 Å². The Morgan fingerprint density at radius 3 is 2.87 bits per heavy atom. The Bertz CT molecular complexity index is 505. The van der Waals surface area contributed by atoms with Crippen LogP contribution in [0.3, 0.4) is 0 Å². The van der Waals surface area contributed by atoms with Crippen LogP contribution >= 0.6 is 12.4 Å². The molecule has 0 aliphatic carbocycles. The Kier molecular flexibility index (Phi) is 6.45. The number of hydrogen-bond acceptors (Lipinski definition) is 3. The highest BCUT2D eigenvalue weighted by atomic mass is 35.5. The molecule has 2 unspecified atom stereocenters. The van der Waals surface area contributed by atoms with Crippen molar-refractivity contribution in [2.75, 3.05) is 32.8 Å². The molecular formula is C18H27ClN2O2. The highest BCUT2D eigenvalue weighted by Crippen LogP contribution is 2.33. The Labute approximate surface area is 145 Å². The van der Waals surface area contributed by atoms with E-state index < -0.39 is 0 Å². The number of rotatable bonds is 3. The molecule has 5 heteroatoms. The first-order chi connectivity index (χ1) is 10.7. The minimum absolute atomic E-state index is 0. The molecule has 2 atom stereocenters. The van der Waals surface area contributed by atoms with Crippen molar-refractivity contribution in [3.8, 4) is 0 Å². The maximum Gasteiger partial charge on any atom is 0.224 e. The number of amides is 1. The first-order valence-corrected chi connectivity index (χ1v) is 8.32. The molecule has 2 heterocycles. The highest BCUT2D eigenvalue weighted by molar-refractivity contribution is 5.85. The molecule has 2 aliphatic heterocycles. The molecule has 0 bridgehead atoms. The number of carbonyl (C=O) groups is 1. The average molecular weight is 339 g/mol. The third-order valence-corrected chi connectivity index (χ3v) is 4.94. The maximum absolute atomic E-state index is 12.6. The Morgan fingerprint density at radius 2 is 2.17 bits per heavy atom. The molecule has 1 aromatic carbocycles. The van der Waals surface area contributed by atoms with Gasteiger partial charge in [-0.15, -0.1) is 12.4 Å². The topological polar surface area (TPSA) is 41.6 Å². The summed E-state index contributed by atoms with van der Waals surface area (Å²) in [5.74, 6) is 0.254. The van der Waals surface area contributed by atoms with E-state index in [-0.39, 0.29) is 29.8 Å². The number of piperidine rings is 1. The Hall–Kier alpha value is -1.10. The van der Waals surface area contributed by atoms with Crippen molar-refractivity contribution in [2.45, 2.75) is 37.6 Å². The molecule has 0 spiro atoms. The summed E-state index contributed by atoms with van der Waals surface area (Å²) in [6.07, 6.45) is 2.77. The molecule has 0 radical (unpaired) electrons. The lowest BCUT2D eigenvalue weighted by atomic mass is 9.76. The molecule has 2 aliphatic rings. The highest BCUT2D eigenvalue weighted by Gasteiger charge is 2.35. The lowest BCUT2D eigenvalue weighted by Crippen LogP contribution is -2.50. The number of halogens is 1. The average Bonchev–Trinajstić information content (AvgIpc) is 2.57. The fourth-order valence-electron chi connectivity index (χ4n) is 3.62. The van der Waals surface area contributed by atoms with Crippen LogP contribution in [-0.4, -0.2) is 49.7 Å². The minimum Gasteiger partial charge on any atom is -0.378 e. The molecular weight excluding hydrogens is 312 g/mol. The summed E-state index contributed by atoms with van der Waals surface area (Å²) in [5.41, 5.74) is 1.41. The van der Waals surface area contributed by atoms with Crippen molar-refractivity contribution < 1.29 is 9.53 Å². The number of likely N-dealkylation sites (tertiary alicyclic amines) is 1. The van der Waals surface area contributed by atoms with Gasteiger partial charge >= 0.3 is 0 Å². The van der Waals surface area contributed by atoms with E-state index in [9.17, 15) is 4.79 Å². The van der Waals surface area contributed by atoms with Crippen LogP contribution in [-0.2, 0) is 14.9 Å². The summed E-state index contributed by atoms with van der Waals surface area (Å²) in [6, 6.07) is 10.8. The third kappa shape index (κ3) is 4.46. The monoisotopic (exact) mass is 338 g/mol. The Morgan fingerprint density at radius 1 is 1.39 bits per heavy atom. The van der Waals surface area contributed by atoms with Gasteiger partial charge in [0.05, 0.1) is 13.2 Å². The van der Waals surface area contributed by atoms with Gasteiger partial charge in [-0.05, 0) is 18.4 Å². The van der Waals surface area contributed by atoms with Gasteiger partial charge in [0, 0.05) is 37.5 Å². The summed E-state index contributed by atoms with van der Waals surface area (Å²) >= 11 is 0. The van der Waals surface area contributed by atoms with Gasteiger partial charge in [-0.25, -0.2) is 0 Å². The zero-order valence-corrected chi connectivity index (χ0v) is 14.6. The first kappa shape index (κ1) is 18.2. The fourth-order valence-corrected chi connectivity index (χ4v) is 3.62. The van der Waals surface area contributed by atoms with E-state index in [1.165, 1.54) is 5.56 Å². The van der Waals surface area contributed by atoms with Gasteiger partial charge < -0.3 is 15.0 Å². The van der Waals surface area contributed by atoms with Crippen LogP contribution in [0.4, 0.5) is 0 Å². The predicted molar refractivity (Wildman–Crippen MR) is 94.1 cm³/mol. The van der Waals surface area contributed by atoms with E-state index in [1.54, 1.807) is 0 Å². The molecule has 1 amide bonds. The number of nitrogens with one attached hydrogen (secondary N) is 1. The number of hydrogen-bond donors (Lipinski definition) is 1. The van der Waals surface area contributed by atoms with Gasteiger partial charge in [-0.1, -0.05) is 37.3 Å². The summed E-state index contributed by atoms with van der Waals surface area (Å²) in [6.45, 7) is 6.23. The van der Waals surface area contributed by atoms with Crippen LogP contribution in [0.15, 0.2) is 30.3 Å². The van der Waals surface area contributed by atoms with Crippen molar-refractivity contribution in [2.24, 2.45) is 0 Å². The normalized spacial score (nSPS) is 28.0. The quantitative estimate of drug-likeness (QED) is 0.920. The van der Waals surface area contributed by atoms with Gasteiger partial charge in [0.1, 0.15) is 0 Å². The molecule has 4 nitrogen and oxygen atoms in total. The SMILES string of the molecule is CC1(c2ccccc2)CCCN(C(=O)CC2COCCN2)C1.Cl. The molecule has 2 fully saturated rings. The smallest absolute Gasteiger partial charge is 0.224 e. The molecule has 3 rings (SSSR count). The second kappa shape index (κ2) is 8.13. The fraction of sp³-hybridized carbons (Fsp3) is 0.611. The van der Waals surface area contributed by atoms with Gasteiger partial charge in [0.15, 0.2) is 0 Å². The molecule has 1 aromatic rings. The second-order valence-electron chi connectivity index (χ2n) is 6.78. The number of morpholine rings is 1. The van der Waals surface area contributed by atoms with Gasteiger partial charge in [-0.3, -0.25) is 4.79 Å². The zero-order chi connectivity index (χ0) is 15.4. The predicted octanol–water partition coefficient (Wildman–Crippen LogP) is 2.37. The van der Waals surface area contributed by atoms with E-state index in [2.05, 4.69) is 36.5 Å². The summed E-state index contributed by atoms with van der Waals surface area (Å²) in [4.78, 5) is 14.7. The molecule has 0 saturated carbocycles.